The molecule has 0 saturated carbocycles. The number of ether oxygens (including phenoxy) is 1. The van der Waals surface area contributed by atoms with Gasteiger partial charge in [0.15, 0.2) is 11.6 Å². The van der Waals surface area contributed by atoms with Crippen molar-refractivity contribution >= 4 is 23.2 Å². The van der Waals surface area contributed by atoms with Crippen LogP contribution >= 0.6 is 0 Å². The van der Waals surface area contributed by atoms with Gasteiger partial charge in [-0.25, -0.2) is 9.50 Å². The first-order chi connectivity index (χ1) is 12.5. The highest BCUT2D eigenvalue weighted by Crippen LogP contribution is 2.27. The smallest absolute Gasteiger partial charge is 0.182 e. The van der Waals surface area contributed by atoms with Crippen LogP contribution in [0.4, 0.5) is 11.5 Å². The number of hydrogen-bond donors (Lipinski definition) is 2. The van der Waals surface area contributed by atoms with Gasteiger partial charge in [0.2, 0.25) is 0 Å². The maximum Gasteiger partial charge on any atom is 0.182 e. The standard InChI is InChI=1S/C19H22N6O/c1-12-10-24(11-13(2)26-12)19-17-4-3-7-25(17)23-18(22-19)14-5-6-16(21)15(8-14)9-20/h3-9,12-13,20H,10-11,21H2,1-2H3/t12-,13?/m1/s1. The molecule has 26 heavy (non-hydrogen) atoms. The lowest BCUT2D eigenvalue weighted by molar-refractivity contribution is -0.00539. The third-order valence-corrected chi connectivity index (χ3v) is 4.59. The summed E-state index contributed by atoms with van der Waals surface area (Å²) in [4.78, 5) is 7.12. The third kappa shape index (κ3) is 2.90. The second-order valence-corrected chi connectivity index (χ2v) is 6.75. The fraction of sp³-hybridized carbons (Fsp3) is 0.316. The van der Waals surface area contributed by atoms with E-state index >= 15 is 0 Å². The summed E-state index contributed by atoms with van der Waals surface area (Å²) in [5, 5.41) is 12.2. The summed E-state index contributed by atoms with van der Waals surface area (Å²) in [6.07, 6.45) is 3.47. The number of benzene rings is 1. The summed E-state index contributed by atoms with van der Waals surface area (Å²) in [5.41, 5.74) is 8.95. The van der Waals surface area contributed by atoms with Crippen molar-refractivity contribution in [3.8, 4) is 11.4 Å². The van der Waals surface area contributed by atoms with Gasteiger partial charge in [0.1, 0.15) is 5.52 Å². The first kappa shape index (κ1) is 16.5. The predicted molar refractivity (Wildman–Crippen MR) is 103 cm³/mol. The maximum absolute atomic E-state index is 7.52. The lowest BCUT2D eigenvalue weighted by Gasteiger charge is -2.36. The Labute approximate surface area is 151 Å². The maximum atomic E-state index is 7.52. The number of rotatable bonds is 3. The van der Waals surface area contributed by atoms with Gasteiger partial charge in [0.05, 0.1) is 12.2 Å². The number of fused-ring (bicyclic) bond motifs is 1. The Morgan fingerprint density at radius 2 is 2.00 bits per heavy atom. The van der Waals surface area contributed by atoms with Crippen LogP contribution in [0, 0.1) is 5.41 Å². The fourth-order valence-electron chi connectivity index (χ4n) is 3.46. The minimum Gasteiger partial charge on any atom is -0.398 e. The first-order valence-electron chi connectivity index (χ1n) is 8.71. The lowest BCUT2D eigenvalue weighted by Crippen LogP contribution is -2.46. The minimum atomic E-state index is 0.146. The molecule has 1 aliphatic heterocycles. The molecule has 0 aliphatic carbocycles. The molecule has 0 amide bonds. The third-order valence-electron chi connectivity index (χ3n) is 4.59. The molecule has 2 atom stereocenters. The van der Waals surface area contributed by atoms with Gasteiger partial charge in [-0.1, -0.05) is 0 Å². The van der Waals surface area contributed by atoms with Gasteiger partial charge in [-0.15, -0.1) is 5.10 Å². The molecule has 7 nitrogen and oxygen atoms in total. The molecule has 1 unspecified atom stereocenters. The molecule has 2 aromatic heterocycles. The molecule has 4 rings (SSSR count). The van der Waals surface area contributed by atoms with Crippen LogP contribution in [-0.4, -0.2) is 46.1 Å². The number of anilines is 2. The summed E-state index contributed by atoms with van der Waals surface area (Å²) in [7, 11) is 0. The van der Waals surface area contributed by atoms with E-state index in [1.54, 1.807) is 6.07 Å². The average molecular weight is 350 g/mol. The number of morpholine rings is 1. The summed E-state index contributed by atoms with van der Waals surface area (Å²) >= 11 is 0. The molecular formula is C19H22N6O. The van der Waals surface area contributed by atoms with E-state index < -0.39 is 0 Å². The number of nitrogens with two attached hydrogens (primary N) is 1. The molecule has 0 radical (unpaired) electrons. The van der Waals surface area contributed by atoms with E-state index in [0.29, 0.717) is 17.1 Å². The van der Waals surface area contributed by atoms with Crippen LogP contribution in [0.3, 0.4) is 0 Å². The van der Waals surface area contributed by atoms with Crippen molar-refractivity contribution in [2.75, 3.05) is 23.7 Å². The Balaban J connectivity index is 1.84. The monoisotopic (exact) mass is 350 g/mol. The van der Waals surface area contributed by atoms with Crippen LogP contribution in [0.5, 0.6) is 0 Å². The summed E-state index contributed by atoms with van der Waals surface area (Å²) in [6, 6.07) is 9.52. The Morgan fingerprint density at radius 1 is 1.23 bits per heavy atom. The Bertz CT molecular complexity index is 956. The van der Waals surface area contributed by atoms with Crippen molar-refractivity contribution in [3.63, 3.8) is 0 Å². The van der Waals surface area contributed by atoms with E-state index in [1.165, 1.54) is 6.21 Å². The molecule has 1 fully saturated rings. The van der Waals surface area contributed by atoms with Crippen molar-refractivity contribution in [1.82, 2.24) is 14.6 Å². The lowest BCUT2D eigenvalue weighted by atomic mass is 10.1. The van der Waals surface area contributed by atoms with Gasteiger partial charge in [-0.2, -0.15) is 0 Å². The topological polar surface area (TPSA) is 92.5 Å². The molecule has 3 aromatic rings. The van der Waals surface area contributed by atoms with E-state index in [9.17, 15) is 0 Å². The average Bonchev–Trinajstić information content (AvgIpc) is 3.09. The summed E-state index contributed by atoms with van der Waals surface area (Å²) < 4.78 is 7.71. The van der Waals surface area contributed by atoms with Gasteiger partial charge in [0, 0.05) is 42.3 Å². The van der Waals surface area contributed by atoms with Crippen molar-refractivity contribution in [1.29, 1.82) is 5.41 Å². The Morgan fingerprint density at radius 3 is 2.73 bits per heavy atom. The predicted octanol–water partition coefficient (Wildman–Crippen LogP) is 2.59. The quantitative estimate of drug-likeness (QED) is 0.559. The number of nitrogen functional groups attached to an aromatic ring is 1. The first-order valence-corrected chi connectivity index (χ1v) is 8.71. The van der Waals surface area contributed by atoms with Crippen molar-refractivity contribution < 1.29 is 4.74 Å². The van der Waals surface area contributed by atoms with Crippen molar-refractivity contribution in [2.24, 2.45) is 0 Å². The molecule has 1 aliphatic rings. The van der Waals surface area contributed by atoms with Crippen molar-refractivity contribution in [2.45, 2.75) is 26.1 Å². The second kappa shape index (κ2) is 6.42. The molecule has 1 aromatic carbocycles. The minimum absolute atomic E-state index is 0.146. The molecule has 0 bridgehead atoms. The number of nitrogens with one attached hydrogen (secondary N) is 1. The normalized spacial score (nSPS) is 20.5. The Kier molecular flexibility index (Phi) is 4.08. The molecule has 0 spiro atoms. The zero-order valence-electron chi connectivity index (χ0n) is 14.9. The molecule has 3 N–H and O–H groups in total. The van der Waals surface area contributed by atoms with Crippen LogP contribution in [0.1, 0.15) is 19.4 Å². The van der Waals surface area contributed by atoms with Crippen LogP contribution in [0.15, 0.2) is 36.5 Å². The van der Waals surface area contributed by atoms with Crippen LogP contribution < -0.4 is 10.6 Å². The number of aromatic nitrogens is 3. The van der Waals surface area contributed by atoms with Gasteiger partial charge in [-0.3, -0.25) is 0 Å². The van der Waals surface area contributed by atoms with E-state index in [-0.39, 0.29) is 12.2 Å². The Hall–Kier alpha value is -2.93. The molecule has 134 valence electrons. The SMILES string of the molecule is CC1CN(c2nc(-c3ccc(N)c(C=N)c3)nn3cccc23)C[C@@H](C)O1. The van der Waals surface area contributed by atoms with Crippen LogP contribution in [0.2, 0.25) is 0 Å². The molecular weight excluding hydrogens is 328 g/mol. The van der Waals surface area contributed by atoms with Crippen molar-refractivity contribution in [3.05, 3.63) is 42.1 Å². The van der Waals surface area contributed by atoms with Crippen LogP contribution in [0.25, 0.3) is 16.9 Å². The van der Waals surface area contributed by atoms with E-state index in [2.05, 4.69) is 23.8 Å². The second-order valence-electron chi connectivity index (χ2n) is 6.75. The highest BCUT2D eigenvalue weighted by molar-refractivity contribution is 5.87. The number of nitrogens with zero attached hydrogens (tertiary/aromatic N) is 4. The van der Waals surface area contributed by atoms with E-state index in [0.717, 1.165) is 30.0 Å². The van der Waals surface area contributed by atoms with Gasteiger partial charge >= 0.3 is 0 Å². The zero-order chi connectivity index (χ0) is 18.3. The zero-order valence-corrected chi connectivity index (χ0v) is 14.9. The van der Waals surface area contributed by atoms with Gasteiger partial charge < -0.3 is 20.8 Å². The van der Waals surface area contributed by atoms with Gasteiger partial charge in [0.25, 0.3) is 0 Å². The molecule has 1 saturated heterocycles. The van der Waals surface area contributed by atoms with E-state index in [1.807, 2.05) is 35.0 Å². The summed E-state index contributed by atoms with van der Waals surface area (Å²) in [5.74, 6) is 1.51. The molecule has 3 heterocycles. The molecule has 7 heteroatoms. The highest BCUT2D eigenvalue weighted by Gasteiger charge is 2.25. The number of hydrogen-bond acceptors (Lipinski definition) is 6. The highest BCUT2D eigenvalue weighted by atomic mass is 16.5. The fourth-order valence-corrected chi connectivity index (χ4v) is 3.46. The largest absolute Gasteiger partial charge is 0.398 e. The van der Waals surface area contributed by atoms with E-state index in [4.69, 9.17) is 20.9 Å². The van der Waals surface area contributed by atoms with Crippen LogP contribution in [-0.2, 0) is 4.74 Å². The summed E-state index contributed by atoms with van der Waals surface area (Å²) in [6.45, 7) is 5.73. The van der Waals surface area contributed by atoms with Gasteiger partial charge in [-0.05, 0) is 44.2 Å².